The van der Waals surface area contributed by atoms with Crippen LogP contribution in [0.5, 0.6) is 5.88 Å². The predicted octanol–water partition coefficient (Wildman–Crippen LogP) is 7.21. The summed E-state index contributed by atoms with van der Waals surface area (Å²) in [6, 6.07) is 26.7. The van der Waals surface area contributed by atoms with Gasteiger partial charge in [0.1, 0.15) is 11.5 Å². The Hall–Kier alpha value is -5.24. The molecule has 42 heavy (non-hydrogen) atoms. The van der Waals surface area contributed by atoms with Gasteiger partial charge in [0, 0.05) is 38.0 Å². The Kier molecular flexibility index (Phi) is 7.88. The molecule has 1 heterocycles. The highest BCUT2D eigenvalue weighted by Crippen LogP contribution is 2.42. The van der Waals surface area contributed by atoms with Crippen LogP contribution >= 0.6 is 0 Å². The number of hydrogen-bond donors (Lipinski definition) is 1. The van der Waals surface area contributed by atoms with Crippen molar-refractivity contribution < 1.29 is 18.7 Å². The van der Waals surface area contributed by atoms with E-state index in [1.54, 1.807) is 22.9 Å². The predicted molar refractivity (Wildman–Crippen MR) is 164 cm³/mol. The summed E-state index contributed by atoms with van der Waals surface area (Å²) < 4.78 is 21.7. The smallest absolute Gasteiger partial charge is 0.309 e. The fourth-order valence-corrected chi connectivity index (χ4v) is 4.71. The van der Waals surface area contributed by atoms with Crippen molar-refractivity contribution >= 4 is 23.3 Å². The topological polar surface area (TPSA) is 76.5 Å². The highest BCUT2D eigenvalue weighted by atomic mass is 19.1. The molecule has 4 aromatic carbocycles. The summed E-state index contributed by atoms with van der Waals surface area (Å²) in [6.45, 7) is 5.38. The fourth-order valence-electron chi connectivity index (χ4n) is 4.71. The number of nitrogens with zero attached hydrogens (tertiary/aromatic N) is 3. The third kappa shape index (κ3) is 5.65. The molecule has 5 rings (SSSR count). The number of halogens is 1. The lowest BCUT2D eigenvalue weighted by Gasteiger charge is -2.13. The summed E-state index contributed by atoms with van der Waals surface area (Å²) in [7, 11) is 3.95. The molecule has 0 saturated carbocycles. The maximum atomic E-state index is 14.1. The van der Waals surface area contributed by atoms with E-state index in [0.29, 0.717) is 16.9 Å². The van der Waals surface area contributed by atoms with Gasteiger partial charge >= 0.3 is 5.97 Å². The third-order valence-corrected chi connectivity index (χ3v) is 7.09. The maximum absolute atomic E-state index is 14.1. The first-order valence-corrected chi connectivity index (χ1v) is 13.5. The SMILES string of the molecule is CC(=O)Oc1c(-c2ccc(NC(=O)c3ccccc3F)cc2)c(-c2ccc(N(C)C)cc2)nn1-c1cccc(C)c1C. The largest absolute Gasteiger partial charge is 0.407 e. The normalized spacial score (nSPS) is 10.8. The summed E-state index contributed by atoms with van der Waals surface area (Å²) in [5.74, 6) is -1.34. The first-order chi connectivity index (χ1) is 20.1. The number of rotatable bonds is 7. The maximum Gasteiger partial charge on any atom is 0.309 e. The minimum Gasteiger partial charge on any atom is -0.407 e. The minimum atomic E-state index is -0.596. The Bertz CT molecular complexity index is 1770. The molecule has 0 radical (unpaired) electrons. The van der Waals surface area contributed by atoms with Crippen LogP contribution in [0.3, 0.4) is 0 Å². The Morgan fingerprint density at radius 1 is 0.857 bits per heavy atom. The molecule has 0 atom stereocenters. The highest BCUT2D eigenvalue weighted by molar-refractivity contribution is 6.04. The van der Waals surface area contributed by atoms with Crippen molar-refractivity contribution in [3.63, 3.8) is 0 Å². The summed E-state index contributed by atoms with van der Waals surface area (Å²) in [6.07, 6.45) is 0. The van der Waals surface area contributed by atoms with Crippen molar-refractivity contribution in [2.45, 2.75) is 20.8 Å². The van der Waals surface area contributed by atoms with Gasteiger partial charge in [-0.15, -0.1) is 0 Å². The zero-order valence-corrected chi connectivity index (χ0v) is 24.1. The van der Waals surface area contributed by atoms with E-state index in [9.17, 15) is 14.0 Å². The summed E-state index contributed by atoms with van der Waals surface area (Å²) in [5, 5.41) is 7.73. The second kappa shape index (κ2) is 11.7. The molecule has 5 aromatic rings. The van der Waals surface area contributed by atoms with E-state index in [-0.39, 0.29) is 11.4 Å². The van der Waals surface area contributed by atoms with Crippen molar-refractivity contribution in [3.8, 4) is 34.0 Å². The number of benzene rings is 4. The Morgan fingerprint density at radius 3 is 2.17 bits per heavy atom. The molecule has 0 aliphatic heterocycles. The van der Waals surface area contributed by atoms with Crippen LogP contribution in [0.25, 0.3) is 28.1 Å². The van der Waals surface area contributed by atoms with Gasteiger partial charge in [0.05, 0.1) is 16.8 Å². The van der Waals surface area contributed by atoms with Gasteiger partial charge in [-0.3, -0.25) is 9.59 Å². The van der Waals surface area contributed by atoms with E-state index in [1.165, 1.54) is 25.1 Å². The van der Waals surface area contributed by atoms with Gasteiger partial charge in [-0.2, -0.15) is 9.78 Å². The molecule has 0 fully saturated rings. The van der Waals surface area contributed by atoms with Crippen molar-refractivity contribution in [2.75, 3.05) is 24.3 Å². The molecule has 0 spiro atoms. The monoisotopic (exact) mass is 562 g/mol. The van der Waals surface area contributed by atoms with E-state index >= 15 is 0 Å². The number of amides is 1. The number of carbonyl (C=O) groups excluding carboxylic acids is 2. The number of nitrogens with one attached hydrogen (secondary N) is 1. The van der Waals surface area contributed by atoms with Gasteiger partial charge in [0.15, 0.2) is 0 Å². The van der Waals surface area contributed by atoms with Crippen LogP contribution in [0.4, 0.5) is 15.8 Å². The summed E-state index contributed by atoms with van der Waals surface area (Å²) in [4.78, 5) is 27.1. The van der Waals surface area contributed by atoms with Crippen LogP contribution in [-0.4, -0.2) is 35.8 Å². The average Bonchev–Trinajstić information content (AvgIpc) is 3.33. The molecule has 0 saturated heterocycles. The van der Waals surface area contributed by atoms with Gasteiger partial charge in [0.2, 0.25) is 5.88 Å². The zero-order chi connectivity index (χ0) is 30.0. The first-order valence-electron chi connectivity index (χ1n) is 13.5. The molecular weight excluding hydrogens is 531 g/mol. The van der Waals surface area contributed by atoms with Crippen LogP contribution in [0.2, 0.25) is 0 Å². The van der Waals surface area contributed by atoms with Crippen molar-refractivity contribution in [3.05, 3.63) is 114 Å². The molecule has 1 aromatic heterocycles. The van der Waals surface area contributed by atoms with Crippen molar-refractivity contribution in [1.82, 2.24) is 9.78 Å². The highest BCUT2D eigenvalue weighted by Gasteiger charge is 2.25. The van der Waals surface area contributed by atoms with Crippen LogP contribution in [0.1, 0.15) is 28.4 Å². The van der Waals surface area contributed by atoms with Crippen LogP contribution in [-0.2, 0) is 4.79 Å². The second-order valence-corrected chi connectivity index (χ2v) is 10.2. The van der Waals surface area contributed by atoms with Crippen molar-refractivity contribution in [2.24, 2.45) is 0 Å². The number of hydrogen-bond acceptors (Lipinski definition) is 5. The molecule has 1 amide bonds. The number of aromatic nitrogens is 2. The lowest BCUT2D eigenvalue weighted by molar-refractivity contribution is -0.132. The van der Waals surface area contributed by atoms with E-state index < -0.39 is 17.7 Å². The van der Waals surface area contributed by atoms with Gasteiger partial charge in [0.25, 0.3) is 5.91 Å². The lowest BCUT2D eigenvalue weighted by Crippen LogP contribution is -2.13. The van der Waals surface area contributed by atoms with E-state index in [2.05, 4.69) is 5.32 Å². The van der Waals surface area contributed by atoms with Gasteiger partial charge in [-0.05, 0) is 73.0 Å². The van der Waals surface area contributed by atoms with Crippen LogP contribution < -0.4 is 15.0 Å². The number of carbonyl (C=O) groups is 2. The van der Waals surface area contributed by atoms with Crippen molar-refractivity contribution in [1.29, 1.82) is 0 Å². The van der Waals surface area contributed by atoms with E-state index in [1.807, 2.05) is 87.4 Å². The number of aryl methyl sites for hydroxylation is 1. The summed E-state index contributed by atoms with van der Waals surface area (Å²) >= 11 is 0. The third-order valence-electron chi connectivity index (χ3n) is 7.09. The van der Waals surface area contributed by atoms with Gasteiger partial charge < -0.3 is 15.0 Å². The molecule has 0 aliphatic carbocycles. The zero-order valence-electron chi connectivity index (χ0n) is 24.1. The lowest BCUT2D eigenvalue weighted by atomic mass is 10.0. The summed E-state index contributed by atoms with van der Waals surface area (Å²) in [5.41, 5.74) is 7.14. The molecule has 0 unspecified atom stereocenters. The molecule has 0 bridgehead atoms. The average molecular weight is 563 g/mol. The molecule has 1 N–H and O–H groups in total. The molecule has 7 nitrogen and oxygen atoms in total. The van der Waals surface area contributed by atoms with Crippen LogP contribution in [0.15, 0.2) is 91.0 Å². The minimum absolute atomic E-state index is 0.0445. The van der Waals surface area contributed by atoms with Gasteiger partial charge in [-0.25, -0.2) is 4.39 Å². The standard InChI is InChI=1S/C34H31FN4O3/c1-21-9-8-12-30(22(21)2)39-34(42-23(3)40)31(32(37-39)25-15-19-27(20-16-25)38(4)5)24-13-17-26(18-14-24)36-33(41)28-10-6-7-11-29(28)35/h6-20H,1-5H3,(H,36,41). The molecule has 212 valence electrons. The first kappa shape index (κ1) is 28.3. The Morgan fingerprint density at radius 2 is 1.52 bits per heavy atom. The van der Waals surface area contributed by atoms with E-state index in [4.69, 9.17) is 9.84 Å². The Labute approximate surface area is 244 Å². The van der Waals surface area contributed by atoms with Crippen LogP contribution in [0, 0.1) is 19.7 Å². The van der Waals surface area contributed by atoms with E-state index in [0.717, 1.165) is 33.6 Å². The second-order valence-electron chi connectivity index (χ2n) is 10.2. The number of anilines is 2. The fraction of sp³-hybridized carbons (Fsp3) is 0.147. The quantitative estimate of drug-likeness (QED) is 0.212. The Balaban J connectivity index is 1.65. The number of ether oxygens (including phenoxy) is 1. The number of esters is 1. The van der Waals surface area contributed by atoms with Gasteiger partial charge in [-0.1, -0.05) is 48.5 Å². The molecular formula is C34H31FN4O3. The molecule has 0 aliphatic rings. The molecule has 8 heteroatoms.